The highest BCUT2D eigenvalue weighted by Gasteiger charge is 2.43. The molecule has 2 aromatic rings. The molecule has 1 aromatic heterocycles. The topological polar surface area (TPSA) is 115 Å². The van der Waals surface area contributed by atoms with Crippen LogP contribution in [0, 0.1) is 11.2 Å². The second-order valence-electron chi connectivity index (χ2n) is 6.54. The number of nitrogens with one attached hydrogen (secondary N) is 3. The van der Waals surface area contributed by atoms with Gasteiger partial charge < -0.3 is 10.6 Å². The molecule has 0 spiro atoms. The van der Waals surface area contributed by atoms with Gasteiger partial charge in [-0.3, -0.25) is 10.2 Å². The molecule has 1 aliphatic heterocycles. The van der Waals surface area contributed by atoms with E-state index in [1.807, 2.05) is 0 Å². The Morgan fingerprint density at radius 1 is 1.39 bits per heavy atom. The standard InChI is InChI=1S/C17H17BrFN5O3S/c1-17(9-28(26,27)24(2)16(20)23-17)12-7-11(4-5-13(12)19)22-15(25)14-6-3-10(18)8-21-14/h3-8H,9H2,1-2H3,(H2,20,23)(H,22,25)/t17-/m0/s1. The Kier molecular flexibility index (Phi) is 5.15. The Balaban J connectivity index is 1.92. The highest BCUT2D eigenvalue weighted by molar-refractivity contribution is 9.10. The summed E-state index contributed by atoms with van der Waals surface area (Å²) in [6, 6.07) is 7.05. The fourth-order valence-electron chi connectivity index (χ4n) is 2.85. The van der Waals surface area contributed by atoms with Crippen molar-refractivity contribution in [1.82, 2.24) is 14.6 Å². The van der Waals surface area contributed by atoms with Crippen LogP contribution in [0.2, 0.25) is 0 Å². The van der Waals surface area contributed by atoms with Crippen LogP contribution in [0.5, 0.6) is 0 Å². The van der Waals surface area contributed by atoms with E-state index in [0.717, 1.165) is 14.8 Å². The molecule has 2 heterocycles. The summed E-state index contributed by atoms with van der Waals surface area (Å²) in [6.07, 6.45) is 1.48. The van der Waals surface area contributed by atoms with Crippen LogP contribution in [0.4, 0.5) is 10.1 Å². The van der Waals surface area contributed by atoms with Crippen LogP contribution in [0.25, 0.3) is 0 Å². The van der Waals surface area contributed by atoms with Gasteiger partial charge in [-0.2, -0.15) is 0 Å². The number of nitrogens with zero attached hydrogens (tertiary/aromatic N) is 2. The number of amides is 1. The molecule has 1 saturated heterocycles. The van der Waals surface area contributed by atoms with Gasteiger partial charge in [-0.15, -0.1) is 0 Å². The van der Waals surface area contributed by atoms with Crippen LogP contribution in [0.1, 0.15) is 23.0 Å². The third-order valence-electron chi connectivity index (χ3n) is 4.38. The normalized spacial score (nSPS) is 21.1. The number of carbonyl (C=O) groups is 1. The van der Waals surface area contributed by atoms with Gasteiger partial charge in [0.15, 0.2) is 0 Å². The largest absolute Gasteiger partial charge is 0.345 e. The Morgan fingerprint density at radius 3 is 2.71 bits per heavy atom. The predicted octanol–water partition coefficient (Wildman–Crippen LogP) is 2.25. The Hall–Kier alpha value is -2.53. The lowest BCUT2D eigenvalue weighted by molar-refractivity contribution is 0.102. The molecule has 1 aromatic carbocycles. The third kappa shape index (κ3) is 3.85. The average Bonchev–Trinajstić information content (AvgIpc) is 2.61. The minimum Gasteiger partial charge on any atom is -0.345 e. The van der Waals surface area contributed by atoms with Crippen LogP contribution in [-0.2, 0) is 15.6 Å². The van der Waals surface area contributed by atoms with Crippen molar-refractivity contribution in [3.8, 4) is 0 Å². The molecule has 3 N–H and O–H groups in total. The van der Waals surface area contributed by atoms with Crippen molar-refractivity contribution in [2.45, 2.75) is 12.5 Å². The molecule has 1 atom stereocenters. The first-order valence-electron chi connectivity index (χ1n) is 8.08. The summed E-state index contributed by atoms with van der Waals surface area (Å²) in [7, 11) is -2.54. The summed E-state index contributed by atoms with van der Waals surface area (Å²) in [5, 5.41) is 13.2. The van der Waals surface area contributed by atoms with Gasteiger partial charge in [0.1, 0.15) is 11.5 Å². The molecule has 1 fully saturated rings. The molecule has 0 bridgehead atoms. The van der Waals surface area contributed by atoms with E-state index in [4.69, 9.17) is 5.41 Å². The summed E-state index contributed by atoms with van der Waals surface area (Å²) in [6.45, 7) is 1.49. The van der Waals surface area contributed by atoms with Crippen molar-refractivity contribution in [2.24, 2.45) is 0 Å². The Labute approximate surface area is 169 Å². The zero-order chi connectivity index (χ0) is 20.7. The number of sulfonamides is 1. The molecule has 0 saturated carbocycles. The number of carbonyl (C=O) groups excluding carboxylic acids is 1. The summed E-state index contributed by atoms with van der Waals surface area (Å²) < 4.78 is 40.7. The lowest BCUT2D eigenvalue weighted by atomic mass is 9.93. The zero-order valence-electron chi connectivity index (χ0n) is 15.0. The minimum atomic E-state index is -3.79. The molecule has 1 amide bonds. The van der Waals surface area contributed by atoms with Gasteiger partial charge in [-0.1, -0.05) is 0 Å². The molecule has 11 heteroatoms. The molecule has 0 unspecified atom stereocenters. The van der Waals surface area contributed by atoms with Gasteiger partial charge in [0, 0.05) is 29.0 Å². The smallest absolute Gasteiger partial charge is 0.274 e. The van der Waals surface area contributed by atoms with E-state index in [1.165, 1.54) is 38.4 Å². The van der Waals surface area contributed by atoms with E-state index in [1.54, 1.807) is 6.07 Å². The van der Waals surface area contributed by atoms with Gasteiger partial charge in [0.05, 0.1) is 11.3 Å². The highest BCUT2D eigenvalue weighted by Crippen LogP contribution is 2.31. The van der Waals surface area contributed by atoms with Crippen LogP contribution >= 0.6 is 15.9 Å². The van der Waals surface area contributed by atoms with Gasteiger partial charge in [0.2, 0.25) is 16.0 Å². The second-order valence-corrected chi connectivity index (χ2v) is 9.46. The molecule has 8 nitrogen and oxygen atoms in total. The number of anilines is 1. The third-order valence-corrected chi connectivity index (χ3v) is 6.80. The van der Waals surface area contributed by atoms with E-state index in [9.17, 15) is 17.6 Å². The first-order chi connectivity index (χ1) is 13.0. The molecule has 28 heavy (non-hydrogen) atoms. The van der Waals surface area contributed by atoms with E-state index < -0.39 is 33.0 Å². The average molecular weight is 470 g/mol. The summed E-state index contributed by atoms with van der Waals surface area (Å²) in [5.41, 5.74) is -0.905. The van der Waals surface area contributed by atoms with E-state index in [2.05, 4.69) is 31.5 Å². The van der Waals surface area contributed by atoms with E-state index >= 15 is 0 Å². The van der Waals surface area contributed by atoms with Crippen LogP contribution in [0.15, 0.2) is 41.0 Å². The van der Waals surface area contributed by atoms with Crippen molar-refractivity contribution >= 4 is 43.5 Å². The van der Waals surface area contributed by atoms with Gasteiger partial charge in [0.25, 0.3) is 5.91 Å². The number of halogens is 2. The van der Waals surface area contributed by atoms with Crippen molar-refractivity contribution in [3.05, 3.63) is 58.1 Å². The number of hydrogen-bond donors (Lipinski definition) is 3. The zero-order valence-corrected chi connectivity index (χ0v) is 17.4. The number of aromatic nitrogens is 1. The SMILES string of the molecule is CN1C(=N)N[C@](C)(c2cc(NC(=O)c3ccc(Br)cn3)ccc2F)CS1(=O)=O. The highest BCUT2D eigenvalue weighted by atomic mass is 79.9. The Morgan fingerprint density at radius 2 is 2.11 bits per heavy atom. The van der Waals surface area contributed by atoms with Gasteiger partial charge in [-0.05, 0) is 53.2 Å². The lowest BCUT2D eigenvalue weighted by Crippen LogP contribution is -2.61. The molecule has 0 radical (unpaired) electrons. The molecule has 1 aliphatic rings. The first-order valence-corrected chi connectivity index (χ1v) is 10.5. The second kappa shape index (κ2) is 7.13. The maximum absolute atomic E-state index is 14.5. The number of hydrogen-bond acceptors (Lipinski definition) is 5. The number of rotatable bonds is 3. The van der Waals surface area contributed by atoms with Crippen molar-refractivity contribution in [1.29, 1.82) is 5.41 Å². The quantitative estimate of drug-likeness (QED) is 0.637. The monoisotopic (exact) mass is 469 g/mol. The van der Waals surface area contributed by atoms with Crippen LogP contribution < -0.4 is 10.6 Å². The number of pyridine rings is 1. The molecule has 3 rings (SSSR count). The summed E-state index contributed by atoms with van der Waals surface area (Å²) in [5.74, 6) is -1.95. The van der Waals surface area contributed by atoms with Crippen LogP contribution in [0.3, 0.4) is 0 Å². The van der Waals surface area contributed by atoms with Gasteiger partial charge >= 0.3 is 0 Å². The van der Waals surface area contributed by atoms with Gasteiger partial charge in [-0.25, -0.2) is 22.1 Å². The molecule has 0 aliphatic carbocycles. The fourth-order valence-corrected chi connectivity index (χ4v) is 4.56. The number of benzene rings is 1. The van der Waals surface area contributed by atoms with Crippen LogP contribution in [-0.4, -0.2) is 42.4 Å². The van der Waals surface area contributed by atoms with Crippen molar-refractivity contribution in [2.75, 3.05) is 18.1 Å². The lowest BCUT2D eigenvalue weighted by Gasteiger charge is -2.40. The molecular weight excluding hydrogens is 453 g/mol. The minimum absolute atomic E-state index is 0.0236. The maximum atomic E-state index is 14.5. The molecule has 148 valence electrons. The van der Waals surface area contributed by atoms with E-state index in [0.29, 0.717) is 0 Å². The van der Waals surface area contributed by atoms with Crippen molar-refractivity contribution in [3.63, 3.8) is 0 Å². The summed E-state index contributed by atoms with van der Waals surface area (Å²) >= 11 is 3.23. The fraction of sp³-hybridized carbons (Fsp3) is 0.235. The molecular formula is C17H17BrFN5O3S. The predicted molar refractivity (Wildman–Crippen MR) is 106 cm³/mol. The van der Waals surface area contributed by atoms with E-state index in [-0.39, 0.29) is 22.9 Å². The maximum Gasteiger partial charge on any atom is 0.274 e. The van der Waals surface area contributed by atoms with Crippen molar-refractivity contribution < 1.29 is 17.6 Å². The Bertz CT molecular complexity index is 1060. The first kappa shape index (κ1) is 20.2. The summed E-state index contributed by atoms with van der Waals surface area (Å²) in [4.78, 5) is 16.3. The number of guanidine groups is 1.